The van der Waals surface area contributed by atoms with Crippen molar-refractivity contribution in [3.63, 3.8) is 0 Å². The first-order chi connectivity index (χ1) is 7.79. The fourth-order valence-electron chi connectivity index (χ4n) is 2.71. The lowest BCUT2D eigenvalue weighted by Gasteiger charge is -2.16. The van der Waals surface area contributed by atoms with Crippen molar-refractivity contribution in [2.24, 2.45) is 0 Å². The first-order valence-electron chi connectivity index (χ1n) is 5.80. The minimum atomic E-state index is 0.0662. The van der Waals surface area contributed by atoms with Gasteiger partial charge in [-0.15, -0.1) is 0 Å². The topological polar surface area (TPSA) is 39.6 Å². The number of nitrogens with zero attached hydrogens (tertiary/aromatic N) is 1. The van der Waals surface area contributed by atoms with Crippen LogP contribution in [0.3, 0.4) is 0 Å². The SMILES string of the molecule is Cc1ccc2[nH]c3c(c2c1)CCCC3C#N. The van der Waals surface area contributed by atoms with E-state index in [2.05, 4.69) is 36.2 Å². The van der Waals surface area contributed by atoms with Crippen LogP contribution in [-0.4, -0.2) is 4.98 Å². The predicted octanol–water partition coefficient (Wildman–Crippen LogP) is 3.42. The van der Waals surface area contributed by atoms with Crippen LogP contribution in [-0.2, 0) is 6.42 Å². The Hall–Kier alpha value is -1.75. The van der Waals surface area contributed by atoms with Crippen molar-refractivity contribution in [3.05, 3.63) is 35.0 Å². The molecule has 1 aliphatic carbocycles. The Morgan fingerprint density at radius 1 is 1.44 bits per heavy atom. The van der Waals surface area contributed by atoms with Crippen molar-refractivity contribution in [2.45, 2.75) is 32.1 Å². The van der Waals surface area contributed by atoms with Crippen LogP contribution in [0.15, 0.2) is 18.2 Å². The van der Waals surface area contributed by atoms with Crippen molar-refractivity contribution in [3.8, 4) is 6.07 Å². The van der Waals surface area contributed by atoms with E-state index in [1.165, 1.54) is 22.0 Å². The van der Waals surface area contributed by atoms with Gasteiger partial charge in [0.25, 0.3) is 0 Å². The van der Waals surface area contributed by atoms with Crippen molar-refractivity contribution < 1.29 is 0 Å². The van der Waals surface area contributed by atoms with Gasteiger partial charge in [0.2, 0.25) is 0 Å². The molecule has 0 radical (unpaired) electrons. The smallest absolute Gasteiger partial charge is 0.0865 e. The maximum atomic E-state index is 9.15. The number of aromatic amines is 1. The zero-order chi connectivity index (χ0) is 11.1. The third-order valence-electron chi connectivity index (χ3n) is 3.52. The summed E-state index contributed by atoms with van der Waals surface area (Å²) in [5.74, 6) is 0.0662. The van der Waals surface area contributed by atoms with Gasteiger partial charge in [0, 0.05) is 16.6 Å². The molecule has 0 saturated carbocycles. The lowest BCUT2D eigenvalue weighted by Crippen LogP contribution is -2.06. The van der Waals surface area contributed by atoms with Gasteiger partial charge in [-0.25, -0.2) is 0 Å². The highest BCUT2D eigenvalue weighted by Gasteiger charge is 2.23. The molecule has 0 amide bonds. The second-order valence-electron chi connectivity index (χ2n) is 4.64. The summed E-state index contributed by atoms with van der Waals surface area (Å²) in [6, 6.07) is 8.87. The molecule has 1 atom stereocenters. The number of nitriles is 1. The van der Waals surface area contributed by atoms with Gasteiger partial charge in [0.1, 0.15) is 0 Å². The van der Waals surface area contributed by atoms with E-state index in [1.54, 1.807) is 0 Å². The van der Waals surface area contributed by atoms with E-state index in [-0.39, 0.29) is 5.92 Å². The number of rotatable bonds is 0. The Kier molecular flexibility index (Phi) is 2.00. The minimum Gasteiger partial charge on any atom is -0.357 e. The number of hydrogen-bond acceptors (Lipinski definition) is 1. The summed E-state index contributed by atoms with van der Waals surface area (Å²) >= 11 is 0. The molecule has 0 spiro atoms. The fraction of sp³-hybridized carbons (Fsp3) is 0.357. The second kappa shape index (κ2) is 3.38. The quantitative estimate of drug-likeness (QED) is 0.711. The van der Waals surface area contributed by atoms with E-state index in [0.29, 0.717) is 0 Å². The summed E-state index contributed by atoms with van der Waals surface area (Å²) in [5, 5.41) is 10.5. The molecule has 1 aromatic heterocycles. The van der Waals surface area contributed by atoms with Crippen LogP contribution in [0.5, 0.6) is 0 Å². The molecule has 1 unspecified atom stereocenters. The lowest BCUT2D eigenvalue weighted by atomic mass is 9.87. The van der Waals surface area contributed by atoms with Crippen molar-refractivity contribution in [1.29, 1.82) is 5.26 Å². The average Bonchev–Trinajstić information content (AvgIpc) is 2.67. The molecule has 2 heteroatoms. The number of benzene rings is 1. The Balaban J connectivity index is 2.30. The molecule has 1 aromatic carbocycles. The average molecular weight is 210 g/mol. The molecule has 2 nitrogen and oxygen atoms in total. The normalized spacial score (nSPS) is 19.4. The van der Waals surface area contributed by atoms with E-state index >= 15 is 0 Å². The van der Waals surface area contributed by atoms with Gasteiger partial charge in [0.15, 0.2) is 0 Å². The summed E-state index contributed by atoms with van der Waals surface area (Å²) in [7, 11) is 0. The summed E-state index contributed by atoms with van der Waals surface area (Å²) in [6.45, 7) is 2.11. The van der Waals surface area contributed by atoms with Crippen molar-refractivity contribution in [1.82, 2.24) is 4.98 Å². The minimum absolute atomic E-state index is 0.0662. The summed E-state index contributed by atoms with van der Waals surface area (Å²) in [5.41, 5.74) is 5.00. The van der Waals surface area contributed by atoms with Crippen LogP contribution in [0.25, 0.3) is 10.9 Å². The number of nitrogens with one attached hydrogen (secondary N) is 1. The summed E-state index contributed by atoms with van der Waals surface area (Å²) < 4.78 is 0. The van der Waals surface area contributed by atoms with Gasteiger partial charge in [-0.1, -0.05) is 11.6 Å². The largest absolute Gasteiger partial charge is 0.357 e. The fourth-order valence-corrected chi connectivity index (χ4v) is 2.71. The van der Waals surface area contributed by atoms with E-state index in [0.717, 1.165) is 25.0 Å². The monoisotopic (exact) mass is 210 g/mol. The molecule has 1 heterocycles. The van der Waals surface area contributed by atoms with Gasteiger partial charge in [0.05, 0.1) is 12.0 Å². The number of hydrogen-bond donors (Lipinski definition) is 1. The molecule has 0 bridgehead atoms. The summed E-state index contributed by atoms with van der Waals surface area (Å²) in [6.07, 6.45) is 3.23. The molecule has 2 aromatic rings. The van der Waals surface area contributed by atoms with Crippen LogP contribution in [0.2, 0.25) is 0 Å². The Morgan fingerprint density at radius 2 is 2.31 bits per heavy atom. The third kappa shape index (κ3) is 1.25. The summed E-state index contributed by atoms with van der Waals surface area (Å²) in [4.78, 5) is 3.42. The predicted molar refractivity (Wildman–Crippen MR) is 64.3 cm³/mol. The molecule has 16 heavy (non-hydrogen) atoms. The van der Waals surface area contributed by atoms with Crippen LogP contribution in [0.4, 0.5) is 0 Å². The van der Waals surface area contributed by atoms with E-state index < -0.39 is 0 Å². The molecular formula is C14H14N2. The molecular weight excluding hydrogens is 196 g/mol. The van der Waals surface area contributed by atoms with Crippen molar-refractivity contribution in [2.75, 3.05) is 0 Å². The van der Waals surface area contributed by atoms with Gasteiger partial charge in [-0.2, -0.15) is 5.26 Å². The molecule has 3 rings (SSSR count). The van der Waals surface area contributed by atoms with E-state index in [1.807, 2.05) is 0 Å². The van der Waals surface area contributed by atoms with Gasteiger partial charge in [-0.05, 0) is 43.9 Å². The molecule has 1 aliphatic rings. The molecule has 80 valence electrons. The Morgan fingerprint density at radius 3 is 3.12 bits per heavy atom. The highest BCUT2D eigenvalue weighted by Crippen LogP contribution is 2.35. The lowest BCUT2D eigenvalue weighted by molar-refractivity contribution is 0.629. The van der Waals surface area contributed by atoms with Crippen LogP contribution in [0, 0.1) is 18.3 Å². The second-order valence-corrected chi connectivity index (χ2v) is 4.64. The number of H-pyrrole nitrogens is 1. The van der Waals surface area contributed by atoms with E-state index in [4.69, 9.17) is 5.26 Å². The van der Waals surface area contributed by atoms with Gasteiger partial charge < -0.3 is 4.98 Å². The molecule has 1 N–H and O–H groups in total. The first kappa shape index (κ1) is 9.47. The zero-order valence-corrected chi connectivity index (χ0v) is 9.38. The molecule has 0 fully saturated rings. The highest BCUT2D eigenvalue weighted by molar-refractivity contribution is 5.86. The number of fused-ring (bicyclic) bond motifs is 3. The Bertz CT molecular complexity index is 587. The van der Waals surface area contributed by atoms with Crippen molar-refractivity contribution >= 4 is 10.9 Å². The Labute approximate surface area is 94.9 Å². The zero-order valence-electron chi connectivity index (χ0n) is 9.38. The first-order valence-corrected chi connectivity index (χ1v) is 5.80. The molecule has 0 saturated heterocycles. The van der Waals surface area contributed by atoms with Crippen LogP contribution >= 0.6 is 0 Å². The van der Waals surface area contributed by atoms with Crippen LogP contribution < -0.4 is 0 Å². The van der Waals surface area contributed by atoms with Crippen LogP contribution in [0.1, 0.15) is 35.6 Å². The molecule has 0 aliphatic heterocycles. The highest BCUT2D eigenvalue weighted by atomic mass is 14.7. The number of aromatic nitrogens is 1. The maximum absolute atomic E-state index is 9.15. The standard InChI is InChI=1S/C14H14N2/c1-9-5-6-13-12(7-9)11-4-2-3-10(8-15)14(11)16-13/h5-7,10,16H,2-4H2,1H3. The third-order valence-corrected chi connectivity index (χ3v) is 3.52. The maximum Gasteiger partial charge on any atom is 0.0865 e. The van der Waals surface area contributed by atoms with Gasteiger partial charge >= 0.3 is 0 Å². The van der Waals surface area contributed by atoms with E-state index in [9.17, 15) is 0 Å². The van der Waals surface area contributed by atoms with Gasteiger partial charge in [-0.3, -0.25) is 0 Å². The number of aryl methyl sites for hydroxylation is 2.